The van der Waals surface area contributed by atoms with Crippen LogP contribution in [0.2, 0.25) is 5.02 Å². The Morgan fingerprint density at radius 3 is 3.00 bits per heavy atom. The lowest BCUT2D eigenvalue weighted by atomic mass is 10.1. The van der Waals surface area contributed by atoms with Crippen LogP contribution in [0.5, 0.6) is 0 Å². The number of benzene rings is 1. The van der Waals surface area contributed by atoms with Crippen molar-refractivity contribution in [3.63, 3.8) is 0 Å². The zero-order valence-corrected chi connectivity index (χ0v) is 12.1. The molecule has 0 radical (unpaired) electrons. The number of hydrogen-bond donors (Lipinski definition) is 1. The molecule has 1 N–H and O–H groups in total. The van der Waals surface area contributed by atoms with Crippen molar-refractivity contribution in [3.8, 4) is 10.6 Å². The van der Waals surface area contributed by atoms with Gasteiger partial charge in [0, 0.05) is 12.2 Å². The van der Waals surface area contributed by atoms with Crippen LogP contribution in [-0.2, 0) is 9.53 Å². The van der Waals surface area contributed by atoms with Crippen LogP contribution in [0, 0.1) is 5.92 Å². The Bertz CT molecular complexity index is 626. The average molecular weight is 310 g/mol. The quantitative estimate of drug-likeness (QED) is 0.947. The van der Waals surface area contributed by atoms with E-state index in [1.165, 1.54) is 11.3 Å². The molecular formula is C13H12ClN3O2S. The third-order valence-corrected chi connectivity index (χ3v) is 4.26. The highest BCUT2D eigenvalue weighted by Gasteiger charge is 2.24. The molecule has 1 aromatic heterocycles. The van der Waals surface area contributed by atoms with E-state index < -0.39 is 0 Å². The van der Waals surface area contributed by atoms with Crippen molar-refractivity contribution < 1.29 is 9.53 Å². The van der Waals surface area contributed by atoms with E-state index in [2.05, 4.69) is 15.5 Å². The van der Waals surface area contributed by atoms with Gasteiger partial charge in [0.15, 0.2) is 5.01 Å². The molecule has 1 amide bonds. The first-order valence-corrected chi connectivity index (χ1v) is 7.40. The summed E-state index contributed by atoms with van der Waals surface area (Å²) < 4.78 is 5.20. The Labute approximate surface area is 124 Å². The Hall–Kier alpha value is -1.50. The van der Waals surface area contributed by atoms with Crippen molar-refractivity contribution in [2.75, 3.05) is 18.5 Å². The summed E-state index contributed by atoms with van der Waals surface area (Å²) in [6.07, 6.45) is 0.752. The Kier molecular flexibility index (Phi) is 3.95. The predicted molar refractivity (Wildman–Crippen MR) is 77.9 cm³/mol. The number of rotatable bonds is 3. The summed E-state index contributed by atoms with van der Waals surface area (Å²) in [5.74, 6) is -0.160. The average Bonchev–Trinajstić information content (AvgIpc) is 3.10. The largest absolute Gasteiger partial charge is 0.381 e. The van der Waals surface area contributed by atoms with Gasteiger partial charge in [-0.1, -0.05) is 41.1 Å². The topological polar surface area (TPSA) is 64.1 Å². The van der Waals surface area contributed by atoms with E-state index in [0.717, 1.165) is 12.0 Å². The van der Waals surface area contributed by atoms with Crippen LogP contribution in [0.4, 0.5) is 5.13 Å². The molecule has 2 aromatic rings. The van der Waals surface area contributed by atoms with Gasteiger partial charge in [0.05, 0.1) is 17.5 Å². The number of nitrogens with zero attached hydrogens (tertiary/aromatic N) is 2. The molecule has 1 aromatic carbocycles. The van der Waals surface area contributed by atoms with E-state index in [9.17, 15) is 4.79 Å². The molecule has 0 saturated carbocycles. The minimum Gasteiger partial charge on any atom is -0.381 e. The second kappa shape index (κ2) is 5.87. The van der Waals surface area contributed by atoms with Gasteiger partial charge in [0.1, 0.15) is 0 Å². The fraction of sp³-hybridized carbons (Fsp3) is 0.308. The number of nitrogens with one attached hydrogen (secondary N) is 1. The minimum atomic E-state index is -0.0948. The lowest BCUT2D eigenvalue weighted by Gasteiger charge is -2.05. The van der Waals surface area contributed by atoms with Gasteiger partial charge in [-0.15, -0.1) is 10.2 Å². The van der Waals surface area contributed by atoms with Crippen LogP contribution in [-0.4, -0.2) is 29.3 Å². The molecular weight excluding hydrogens is 298 g/mol. The molecule has 104 valence electrons. The standard InChI is InChI=1S/C13H12ClN3O2S/c14-10-4-2-1-3-9(10)12-16-17-13(20-12)15-11(18)8-5-6-19-7-8/h1-4,8H,5-7H2,(H,15,17,18)/t8-/m0/s1. The van der Waals surface area contributed by atoms with Crippen LogP contribution in [0.15, 0.2) is 24.3 Å². The van der Waals surface area contributed by atoms with E-state index in [-0.39, 0.29) is 11.8 Å². The number of carbonyl (C=O) groups excluding carboxylic acids is 1. The van der Waals surface area contributed by atoms with E-state index >= 15 is 0 Å². The van der Waals surface area contributed by atoms with Crippen LogP contribution in [0.1, 0.15) is 6.42 Å². The molecule has 5 nitrogen and oxygen atoms in total. The van der Waals surface area contributed by atoms with Crippen LogP contribution in [0.25, 0.3) is 10.6 Å². The molecule has 7 heteroatoms. The van der Waals surface area contributed by atoms with Crippen molar-refractivity contribution in [1.82, 2.24) is 10.2 Å². The number of ether oxygens (including phenoxy) is 1. The Morgan fingerprint density at radius 2 is 2.25 bits per heavy atom. The first kappa shape index (κ1) is 13.5. The van der Waals surface area contributed by atoms with Gasteiger partial charge in [-0.3, -0.25) is 4.79 Å². The summed E-state index contributed by atoms with van der Waals surface area (Å²) >= 11 is 7.42. The smallest absolute Gasteiger partial charge is 0.231 e. The van der Waals surface area contributed by atoms with Crippen molar-refractivity contribution in [3.05, 3.63) is 29.3 Å². The molecule has 20 heavy (non-hydrogen) atoms. The van der Waals surface area contributed by atoms with E-state index in [0.29, 0.717) is 28.4 Å². The summed E-state index contributed by atoms with van der Waals surface area (Å²) in [5.41, 5.74) is 0.816. The lowest BCUT2D eigenvalue weighted by molar-refractivity contribution is -0.119. The molecule has 1 aliphatic heterocycles. The predicted octanol–water partition coefficient (Wildman–Crippen LogP) is 2.83. The maximum atomic E-state index is 11.9. The van der Waals surface area contributed by atoms with Crippen molar-refractivity contribution >= 4 is 34.0 Å². The molecule has 0 unspecified atom stereocenters. The van der Waals surface area contributed by atoms with Crippen molar-refractivity contribution in [2.45, 2.75) is 6.42 Å². The molecule has 0 spiro atoms. The van der Waals surface area contributed by atoms with Crippen molar-refractivity contribution in [2.24, 2.45) is 5.92 Å². The zero-order valence-electron chi connectivity index (χ0n) is 10.5. The third-order valence-electron chi connectivity index (χ3n) is 3.06. The normalized spacial score (nSPS) is 18.1. The molecule has 3 rings (SSSR count). The van der Waals surface area contributed by atoms with Crippen LogP contribution >= 0.6 is 22.9 Å². The van der Waals surface area contributed by atoms with Gasteiger partial charge in [0.2, 0.25) is 11.0 Å². The summed E-state index contributed by atoms with van der Waals surface area (Å²) in [6.45, 7) is 1.11. The van der Waals surface area contributed by atoms with E-state index in [1.807, 2.05) is 18.2 Å². The highest BCUT2D eigenvalue weighted by molar-refractivity contribution is 7.18. The Balaban J connectivity index is 1.74. The molecule has 0 aliphatic carbocycles. The van der Waals surface area contributed by atoms with Crippen molar-refractivity contribution in [1.29, 1.82) is 0 Å². The number of amides is 1. The summed E-state index contributed by atoms with van der Waals surface area (Å²) in [5, 5.41) is 12.6. The van der Waals surface area contributed by atoms with Gasteiger partial charge >= 0.3 is 0 Å². The van der Waals surface area contributed by atoms with Crippen LogP contribution < -0.4 is 5.32 Å². The first-order chi connectivity index (χ1) is 9.74. The summed E-state index contributed by atoms with van der Waals surface area (Å²) in [6, 6.07) is 7.41. The highest BCUT2D eigenvalue weighted by Crippen LogP contribution is 2.31. The summed E-state index contributed by atoms with van der Waals surface area (Å²) in [7, 11) is 0. The molecule has 1 aliphatic rings. The second-order valence-corrected chi connectivity index (χ2v) is 5.83. The number of hydrogen-bond acceptors (Lipinski definition) is 5. The Morgan fingerprint density at radius 1 is 1.40 bits per heavy atom. The third kappa shape index (κ3) is 2.82. The second-order valence-electron chi connectivity index (χ2n) is 4.44. The SMILES string of the molecule is O=C(Nc1nnc(-c2ccccc2Cl)s1)[C@H]1CCOC1. The van der Waals surface area contributed by atoms with Gasteiger partial charge in [-0.25, -0.2) is 0 Å². The minimum absolute atomic E-state index is 0.0654. The molecule has 2 heterocycles. The highest BCUT2D eigenvalue weighted by atomic mass is 35.5. The fourth-order valence-corrected chi connectivity index (χ4v) is 3.03. The molecule has 1 fully saturated rings. The van der Waals surface area contributed by atoms with Gasteiger partial charge < -0.3 is 10.1 Å². The van der Waals surface area contributed by atoms with Gasteiger partial charge in [-0.05, 0) is 12.5 Å². The van der Waals surface area contributed by atoms with Crippen LogP contribution in [0.3, 0.4) is 0 Å². The maximum Gasteiger partial charge on any atom is 0.231 e. The first-order valence-electron chi connectivity index (χ1n) is 6.21. The molecule has 1 atom stereocenters. The monoisotopic (exact) mass is 309 g/mol. The number of aromatic nitrogens is 2. The lowest BCUT2D eigenvalue weighted by Crippen LogP contribution is -2.22. The number of carbonyl (C=O) groups is 1. The number of anilines is 1. The van der Waals surface area contributed by atoms with Gasteiger partial charge in [0.25, 0.3) is 0 Å². The number of halogens is 1. The van der Waals surface area contributed by atoms with E-state index in [4.69, 9.17) is 16.3 Å². The fourth-order valence-electron chi connectivity index (χ4n) is 1.97. The summed E-state index contributed by atoms with van der Waals surface area (Å²) in [4.78, 5) is 11.9. The maximum absolute atomic E-state index is 11.9. The van der Waals surface area contributed by atoms with E-state index in [1.54, 1.807) is 6.07 Å². The molecule has 0 bridgehead atoms. The molecule has 1 saturated heterocycles. The zero-order chi connectivity index (χ0) is 13.9. The van der Waals surface area contributed by atoms with Gasteiger partial charge in [-0.2, -0.15) is 0 Å².